The molecule has 0 radical (unpaired) electrons. The molecule has 1 aliphatic carbocycles. The molecule has 0 amide bonds. The lowest BCUT2D eigenvalue weighted by Crippen LogP contribution is -2.37. The second-order valence-electron chi connectivity index (χ2n) is 7.62. The van der Waals surface area contributed by atoms with Gasteiger partial charge in [0, 0.05) is 6.07 Å². The predicted octanol–water partition coefficient (Wildman–Crippen LogP) is 5.39. The van der Waals surface area contributed by atoms with Crippen LogP contribution in [0.15, 0.2) is 51.7 Å². The lowest BCUT2D eigenvalue weighted by atomic mass is 9.82. The number of fused-ring (bicyclic) bond motifs is 1. The number of rotatable bonds is 7. The highest BCUT2D eigenvalue weighted by molar-refractivity contribution is 6.34. The Morgan fingerprint density at radius 3 is 2.58 bits per heavy atom. The smallest absolute Gasteiger partial charge is 0.417 e. The van der Waals surface area contributed by atoms with Crippen molar-refractivity contribution in [2.24, 2.45) is 5.92 Å². The van der Waals surface area contributed by atoms with Crippen LogP contribution in [0.2, 0.25) is 5.02 Å². The van der Waals surface area contributed by atoms with Crippen LogP contribution in [0.3, 0.4) is 0 Å². The maximum absolute atomic E-state index is 13.4. The summed E-state index contributed by atoms with van der Waals surface area (Å²) in [7, 11) is 0. The van der Waals surface area contributed by atoms with Crippen LogP contribution in [0.4, 0.5) is 13.2 Å². The van der Waals surface area contributed by atoms with Crippen molar-refractivity contribution in [2.75, 3.05) is 13.2 Å². The zero-order valence-electron chi connectivity index (χ0n) is 17.0. The van der Waals surface area contributed by atoms with Crippen molar-refractivity contribution in [2.45, 2.75) is 25.1 Å². The summed E-state index contributed by atoms with van der Waals surface area (Å²) in [4.78, 5) is 23.5. The lowest BCUT2D eigenvalue weighted by Gasteiger charge is -2.32. The Balaban J connectivity index is 1.55. The fourth-order valence-corrected chi connectivity index (χ4v) is 3.86. The van der Waals surface area contributed by atoms with Gasteiger partial charge < -0.3 is 19.0 Å². The molecule has 2 aromatic carbocycles. The van der Waals surface area contributed by atoms with Crippen molar-refractivity contribution in [3.8, 4) is 17.1 Å². The standard InChI is InChI=1S/C23H18ClF3O6/c24-16-6-5-15(23(25,26)27)20-17(28)11-19(33-21(16)20)14-3-1-2-4-18(14)32-8-7-31-13-9-12(10-13)22(29)30/h1-6,11-13H,7-10H2,(H,29,30)/t12-,13+. The van der Waals surface area contributed by atoms with E-state index in [2.05, 4.69) is 0 Å². The van der Waals surface area contributed by atoms with Gasteiger partial charge >= 0.3 is 12.1 Å². The Hall–Kier alpha value is -3.04. The Morgan fingerprint density at radius 2 is 1.88 bits per heavy atom. The van der Waals surface area contributed by atoms with Gasteiger partial charge in [-0.05, 0) is 37.1 Å². The highest BCUT2D eigenvalue weighted by atomic mass is 35.5. The van der Waals surface area contributed by atoms with Gasteiger partial charge in [-0.3, -0.25) is 9.59 Å². The second kappa shape index (κ2) is 9.07. The van der Waals surface area contributed by atoms with E-state index < -0.39 is 28.5 Å². The van der Waals surface area contributed by atoms with Gasteiger partial charge in [0.25, 0.3) is 0 Å². The van der Waals surface area contributed by atoms with Crippen LogP contribution >= 0.6 is 11.6 Å². The van der Waals surface area contributed by atoms with Gasteiger partial charge in [-0.1, -0.05) is 23.7 Å². The van der Waals surface area contributed by atoms with Crippen molar-refractivity contribution >= 4 is 28.5 Å². The minimum atomic E-state index is -4.75. The third-order valence-corrected chi connectivity index (χ3v) is 5.72. The van der Waals surface area contributed by atoms with E-state index in [1.54, 1.807) is 24.3 Å². The second-order valence-corrected chi connectivity index (χ2v) is 8.02. The quantitative estimate of drug-likeness (QED) is 0.454. The van der Waals surface area contributed by atoms with Gasteiger partial charge in [0.1, 0.15) is 18.1 Å². The molecule has 33 heavy (non-hydrogen) atoms. The summed E-state index contributed by atoms with van der Waals surface area (Å²) in [6, 6.07) is 9.34. The van der Waals surface area contributed by atoms with Gasteiger partial charge in [-0.25, -0.2) is 0 Å². The Labute approximate surface area is 190 Å². The number of para-hydroxylation sites is 1. The normalized spacial score (nSPS) is 18.2. The van der Waals surface area contributed by atoms with E-state index in [-0.39, 0.29) is 41.6 Å². The number of carbonyl (C=O) groups is 1. The van der Waals surface area contributed by atoms with E-state index in [0.717, 1.165) is 18.2 Å². The van der Waals surface area contributed by atoms with Crippen molar-refractivity contribution in [1.29, 1.82) is 0 Å². The summed E-state index contributed by atoms with van der Waals surface area (Å²) < 4.78 is 57.0. The molecule has 1 heterocycles. The van der Waals surface area contributed by atoms with E-state index in [1.165, 1.54) is 0 Å². The van der Waals surface area contributed by atoms with Gasteiger partial charge in [0.15, 0.2) is 11.0 Å². The number of hydrogen-bond donors (Lipinski definition) is 1. The van der Waals surface area contributed by atoms with Crippen LogP contribution in [-0.4, -0.2) is 30.4 Å². The third kappa shape index (κ3) is 4.84. The lowest BCUT2D eigenvalue weighted by molar-refractivity contribution is -0.151. The maximum Gasteiger partial charge on any atom is 0.417 e. The average Bonchev–Trinajstić information content (AvgIpc) is 2.72. The molecule has 1 N–H and O–H groups in total. The van der Waals surface area contributed by atoms with Crippen molar-refractivity contribution < 1.29 is 37.0 Å². The molecule has 4 rings (SSSR count). The van der Waals surface area contributed by atoms with Crippen LogP contribution in [0, 0.1) is 5.92 Å². The number of hydrogen-bond acceptors (Lipinski definition) is 5. The molecule has 0 atom stereocenters. The van der Waals surface area contributed by atoms with Crippen LogP contribution in [0.25, 0.3) is 22.3 Å². The number of aliphatic carboxylic acids is 1. The Morgan fingerprint density at radius 1 is 1.15 bits per heavy atom. The summed E-state index contributed by atoms with van der Waals surface area (Å²) >= 11 is 6.05. The molecule has 174 valence electrons. The number of halogens is 4. The number of carboxylic acids is 1. The van der Waals surface area contributed by atoms with E-state index >= 15 is 0 Å². The molecule has 10 heteroatoms. The first-order valence-corrected chi connectivity index (χ1v) is 10.4. The number of carboxylic acid groups (broad SMARTS) is 1. The third-order valence-electron chi connectivity index (χ3n) is 5.43. The first kappa shape index (κ1) is 23.1. The van der Waals surface area contributed by atoms with Crippen LogP contribution < -0.4 is 10.2 Å². The summed E-state index contributed by atoms with van der Waals surface area (Å²) in [5, 5.41) is 8.14. The van der Waals surface area contributed by atoms with Gasteiger partial charge in [0.2, 0.25) is 0 Å². The molecule has 1 aliphatic rings. The molecule has 0 bridgehead atoms. The van der Waals surface area contributed by atoms with Crippen molar-refractivity contribution in [3.05, 3.63) is 63.3 Å². The van der Waals surface area contributed by atoms with Crippen molar-refractivity contribution in [1.82, 2.24) is 0 Å². The van der Waals surface area contributed by atoms with Gasteiger partial charge in [0.05, 0.1) is 40.2 Å². The molecule has 3 aromatic rings. The summed E-state index contributed by atoms with van der Waals surface area (Å²) in [6.45, 7) is 0.357. The topological polar surface area (TPSA) is 86.0 Å². The highest BCUT2D eigenvalue weighted by Crippen LogP contribution is 2.38. The molecule has 1 aromatic heterocycles. The predicted molar refractivity (Wildman–Crippen MR) is 114 cm³/mol. The minimum Gasteiger partial charge on any atom is -0.490 e. The van der Waals surface area contributed by atoms with E-state index in [1.807, 2.05) is 0 Å². The van der Waals surface area contributed by atoms with Gasteiger partial charge in [-0.2, -0.15) is 13.2 Å². The summed E-state index contributed by atoms with van der Waals surface area (Å²) in [5.41, 5.74) is -1.99. The van der Waals surface area contributed by atoms with Gasteiger partial charge in [-0.15, -0.1) is 0 Å². The number of benzene rings is 2. The zero-order valence-corrected chi connectivity index (χ0v) is 17.8. The van der Waals surface area contributed by atoms with Crippen molar-refractivity contribution in [3.63, 3.8) is 0 Å². The minimum absolute atomic E-state index is 0.00790. The SMILES string of the molecule is O=c1cc(-c2ccccc2OCCO[C@H]2C[C@@H](C(=O)O)C2)oc2c(Cl)ccc(C(F)(F)F)c12. The summed E-state index contributed by atoms with van der Waals surface area (Å²) in [6.07, 6.45) is -3.97. The van der Waals surface area contributed by atoms with E-state index in [4.69, 9.17) is 30.6 Å². The average molecular weight is 483 g/mol. The molecule has 0 spiro atoms. The number of alkyl halides is 3. The van der Waals surface area contributed by atoms with E-state index in [9.17, 15) is 22.8 Å². The van der Waals surface area contributed by atoms with Crippen LogP contribution in [0.5, 0.6) is 5.75 Å². The number of ether oxygens (including phenoxy) is 2. The molecule has 0 aliphatic heterocycles. The maximum atomic E-state index is 13.4. The molecule has 1 fully saturated rings. The largest absolute Gasteiger partial charge is 0.490 e. The fraction of sp³-hybridized carbons (Fsp3) is 0.304. The molecular weight excluding hydrogens is 465 g/mol. The zero-order chi connectivity index (χ0) is 23.8. The molecular formula is C23H18ClF3O6. The first-order valence-electron chi connectivity index (χ1n) is 10.1. The molecule has 6 nitrogen and oxygen atoms in total. The Kier molecular flexibility index (Phi) is 6.36. The summed E-state index contributed by atoms with van der Waals surface area (Å²) in [5.74, 6) is -0.867. The van der Waals surface area contributed by atoms with Crippen LogP contribution in [0.1, 0.15) is 18.4 Å². The van der Waals surface area contributed by atoms with Crippen LogP contribution in [-0.2, 0) is 15.7 Å². The molecule has 0 unspecified atom stereocenters. The van der Waals surface area contributed by atoms with E-state index in [0.29, 0.717) is 24.2 Å². The first-order chi connectivity index (χ1) is 15.6. The fourth-order valence-electron chi connectivity index (χ4n) is 3.67. The monoisotopic (exact) mass is 482 g/mol. The highest BCUT2D eigenvalue weighted by Gasteiger charge is 2.35. The molecule has 1 saturated carbocycles. The molecule has 0 saturated heterocycles. The Bertz CT molecular complexity index is 1250.